The first-order valence-electron chi connectivity index (χ1n) is 9.58. The highest BCUT2D eigenvalue weighted by Crippen LogP contribution is 2.48. The van der Waals surface area contributed by atoms with Crippen molar-refractivity contribution in [3.8, 4) is 17.2 Å². The fourth-order valence-electron chi connectivity index (χ4n) is 4.57. The molecule has 0 saturated carbocycles. The maximum absolute atomic E-state index is 13.3. The number of methoxy groups -OCH3 is 1. The molecule has 0 saturated heterocycles. The molecule has 2 aromatic rings. The molecule has 2 aliphatic carbocycles. The third kappa shape index (κ3) is 2.79. The van der Waals surface area contributed by atoms with Crippen LogP contribution in [0, 0.1) is 0 Å². The number of carbonyl (C=O) groups excluding carboxylic acids is 2. The third-order valence-electron chi connectivity index (χ3n) is 6.17. The van der Waals surface area contributed by atoms with Gasteiger partial charge in [-0.3, -0.25) is 9.59 Å². The number of benzene rings is 2. The van der Waals surface area contributed by atoms with E-state index in [1.54, 1.807) is 12.1 Å². The number of ketones is 2. The van der Waals surface area contributed by atoms with E-state index in [1.807, 2.05) is 0 Å². The number of phenolic OH excluding ortho intramolecular Hbond substituents is 2. The Labute approximate surface area is 172 Å². The lowest BCUT2D eigenvalue weighted by molar-refractivity contribution is -0.141. The number of ether oxygens (including phenoxy) is 1. The van der Waals surface area contributed by atoms with Crippen LogP contribution in [0.3, 0.4) is 0 Å². The monoisotopic (exact) mass is 414 g/mol. The summed E-state index contributed by atoms with van der Waals surface area (Å²) in [6.45, 7) is -0.859. The van der Waals surface area contributed by atoms with Gasteiger partial charge >= 0.3 is 0 Å². The second-order valence-electron chi connectivity index (χ2n) is 7.77. The number of rotatable bonds is 3. The van der Waals surface area contributed by atoms with Crippen LogP contribution in [0.15, 0.2) is 18.2 Å². The lowest BCUT2D eigenvalue weighted by Crippen LogP contribution is -2.45. The zero-order chi connectivity index (χ0) is 21.8. The maximum atomic E-state index is 13.3. The van der Waals surface area contributed by atoms with Crippen LogP contribution in [0.1, 0.15) is 50.7 Å². The molecule has 0 aromatic heterocycles. The van der Waals surface area contributed by atoms with Crippen molar-refractivity contribution in [2.24, 2.45) is 0 Å². The van der Waals surface area contributed by atoms with Gasteiger partial charge in [0.1, 0.15) is 29.5 Å². The molecule has 2 aliphatic rings. The highest BCUT2D eigenvalue weighted by molar-refractivity contribution is 6.14. The molecule has 0 radical (unpaired) electrons. The summed E-state index contributed by atoms with van der Waals surface area (Å²) < 4.78 is 5.28. The van der Waals surface area contributed by atoms with E-state index in [4.69, 9.17) is 9.84 Å². The summed E-state index contributed by atoms with van der Waals surface area (Å²) in [5.41, 5.74) is -1.14. The van der Waals surface area contributed by atoms with Gasteiger partial charge < -0.3 is 30.3 Å². The van der Waals surface area contributed by atoms with Crippen LogP contribution in [0.2, 0.25) is 0 Å². The first-order valence-corrected chi connectivity index (χ1v) is 9.58. The van der Waals surface area contributed by atoms with E-state index in [9.17, 15) is 30.0 Å². The lowest BCUT2D eigenvalue weighted by Gasteiger charge is -2.33. The van der Waals surface area contributed by atoms with Crippen LogP contribution in [-0.4, -0.2) is 56.4 Å². The molecule has 4 rings (SSSR count). The van der Waals surface area contributed by atoms with Gasteiger partial charge in [-0.15, -0.1) is 0 Å². The number of carbonyl (C=O) groups is 2. The fraction of sp³-hybridized carbons (Fsp3) is 0.364. The van der Waals surface area contributed by atoms with Crippen molar-refractivity contribution in [1.29, 1.82) is 0 Å². The molecule has 2 unspecified atom stereocenters. The highest BCUT2D eigenvalue weighted by Gasteiger charge is 2.43. The van der Waals surface area contributed by atoms with Gasteiger partial charge in [-0.25, -0.2) is 0 Å². The molecule has 2 atom stereocenters. The average Bonchev–Trinajstić information content (AvgIpc) is 2.86. The zero-order valence-electron chi connectivity index (χ0n) is 16.3. The zero-order valence-corrected chi connectivity index (χ0v) is 16.3. The van der Waals surface area contributed by atoms with Crippen molar-refractivity contribution in [2.75, 3.05) is 13.7 Å². The van der Waals surface area contributed by atoms with Crippen LogP contribution >= 0.6 is 0 Å². The van der Waals surface area contributed by atoms with Gasteiger partial charge in [0, 0.05) is 40.7 Å². The molecule has 8 nitrogen and oxygen atoms in total. The Balaban J connectivity index is 1.94. The average molecular weight is 414 g/mol. The Morgan fingerprint density at radius 2 is 1.93 bits per heavy atom. The van der Waals surface area contributed by atoms with Gasteiger partial charge in [0.25, 0.3) is 0 Å². The minimum atomic E-state index is -1.89. The second-order valence-corrected chi connectivity index (χ2v) is 7.77. The summed E-state index contributed by atoms with van der Waals surface area (Å²) in [7, 11) is 1.41. The highest BCUT2D eigenvalue weighted by atomic mass is 16.5. The molecule has 0 heterocycles. The first kappa shape index (κ1) is 20.3. The summed E-state index contributed by atoms with van der Waals surface area (Å²) in [6, 6.07) is 4.69. The van der Waals surface area contributed by atoms with Crippen LogP contribution in [0.4, 0.5) is 0 Å². The minimum Gasteiger partial charge on any atom is -0.507 e. The largest absolute Gasteiger partial charge is 0.507 e. The molecule has 30 heavy (non-hydrogen) atoms. The number of phenols is 2. The van der Waals surface area contributed by atoms with E-state index in [2.05, 4.69) is 0 Å². The number of aliphatic hydroxyl groups excluding tert-OH is 2. The third-order valence-corrected chi connectivity index (χ3v) is 6.17. The summed E-state index contributed by atoms with van der Waals surface area (Å²) in [5.74, 6) is -1.76. The fourth-order valence-corrected chi connectivity index (χ4v) is 4.57. The molecular weight excluding hydrogens is 392 g/mol. The summed E-state index contributed by atoms with van der Waals surface area (Å²) in [5, 5.41) is 52.5. The van der Waals surface area contributed by atoms with E-state index in [1.165, 1.54) is 13.2 Å². The molecular formula is C22H22O8. The van der Waals surface area contributed by atoms with Gasteiger partial charge in [0.05, 0.1) is 18.8 Å². The predicted molar refractivity (Wildman–Crippen MR) is 104 cm³/mol. The normalized spacial score (nSPS) is 22.5. The molecule has 5 N–H and O–H groups in total. The Morgan fingerprint density at radius 1 is 1.20 bits per heavy atom. The van der Waals surface area contributed by atoms with Gasteiger partial charge in [-0.1, -0.05) is 12.1 Å². The quantitative estimate of drug-likeness (QED) is 0.462. The number of hydrogen-bond acceptors (Lipinski definition) is 8. The molecule has 0 spiro atoms. The lowest BCUT2D eigenvalue weighted by atomic mass is 9.75. The van der Waals surface area contributed by atoms with Gasteiger partial charge in [-0.2, -0.15) is 0 Å². The van der Waals surface area contributed by atoms with E-state index >= 15 is 0 Å². The Bertz CT molecular complexity index is 1070. The van der Waals surface area contributed by atoms with E-state index in [0.717, 1.165) is 0 Å². The van der Waals surface area contributed by atoms with Crippen molar-refractivity contribution in [3.63, 3.8) is 0 Å². The van der Waals surface area contributed by atoms with Crippen molar-refractivity contribution in [1.82, 2.24) is 0 Å². The summed E-state index contributed by atoms with van der Waals surface area (Å²) >= 11 is 0. The number of Topliss-reactive ketones (excluding diaryl/α,β-unsaturated/α-hetero) is 1. The standard InChI is InChI=1S/C22H22O8/c1-30-15-4-2-3-11-17(15)14(24)7-12-18(20(11)27)21(28)13-8-22(29,16(25)9-23)6-5-10(13)19(12)26/h2-4,14,23-24,26,28-29H,5-9H2,1H3. The van der Waals surface area contributed by atoms with E-state index in [0.29, 0.717) is 11.3 Å². The molecule has 8 heteroatoms. The maximum Gasteiger partial charge on any atom is 0.197 e. The number of aromatic hydroxyl groups is 2. The summed E-state index contributed by atoms with van der Waals surface area (Å²) in [6.07, 6.45) is -1.60. The van der Waals surface area contributed by atoms with Gasteiger partial charge in [-0.05, 0) is 18.9 Å². The molecule has 2 aromatic carbocycles. The van der Waals surface area contributed by atoms with Crippen LogP contribution in [0.5, 0.6) is 17.2 Å². The molecule has 158 valence electrons. The van der Waals surface area contributed by atoms with Crippen LogP contribution in [-0.2, 0) is 24.1 Å². The SMILES string of the molecule is COc1cccc2c1C(O)Cc1c(O)c3c(c(O)c1C2=O)CC(O)(C(=O)CO)CC3. The van der Waals surface area contributed by atoms with Crippen LogP contribution < -0.4 is 4.74 Å². The predicted octanol–water partition coefficient (Wildman–Crippen LogP) is 0.708. The van der Waals surface area contributed by atoms with Gasteiger partial charge in [0.2, 0.25) is 0 Å². The molecule has 0 fully saturated rings. The van der Waals surface area contributed by atoms with Crippen molar-refractivity contribution < 1.29 is 39.9 Å². The number of hydrogen-bond donors (Lipinski definition) is 5. The van der Waals surface area contributed by atoms with E-state index in [-0.39, 0.29) is 59.3 Å². The topological polar surface area (TPSA) is 145 Å². The number of aliphatic hydroxyl groups is 3. The Kier molecular flexibility index (Phi) is 4.80. The molecule has 0 bridgehead atoms. The van der Waals surface area contributed by atoms with Crippen molar-refractivity contribution in [3.05, 3.63) is 51.6 Å². The molecule has 0 amide bonds. The van der Waals surface area contributed by atoms with Crippen LogP contribution in [0.25, 0.3) is 0 Å². The summed E-state index contributed by atoms with van der Waals surface area (Å²) in [4.78, 5) is 25.4. The smallest absolute Gasteiger partial charge is 0.197 e. The molecule has 0 aliphatic heterocycles. The van der Waals surface area contributed by atoms with Gasteiger partial charge in [0.15, 0.2) is 11.6 Å². The van der Waals surface area contributed by atoms with Crippen molar-refractivity contribution in [2.45, 2.75) is 37.4 Å². The minimum absolute atomic E-state index is 0.0459. The first-order chi connectivity index (χ1) is 14.2. The second kappa shape index (κ2) is 7.09. The number of fused-ring (bicyclic) bond motifs is 3. The van der Waals surface area contributed by atoms with E-state index < -0.39 is 35.6 Å². The Hall–Kier alpha value is -2.94. The Morgan fingerprint density at radius 3 is 2.60 bits per heavy atom. The van der Waals surface area contributed by atoms with Crippen molar-refractivity contribution >= 4 is 11.6 Å².